The van der Waals surface area contributed by atoms with Crippen LogP contribution >= 0.6 is 0 Å². The zero-order chi connectivity index (χ0) is 14.2. The standard InChI is InChI=1S/C16H16FNO2/c17-12-3-1-11(2-4-12)13-9-14(13)15(19)20-10-16(5-6-16)7-8-18/h1-4,13-14H,5-7,9-10H2/t13-,14+/m0/s1. The predicted octanol–water partition coefficient (Wildman–Crippen LogP) is 3.17. The fraction of sp³-hybridized carbons (Fsp3) is 0.500. The van der Waals surface area contributed by atoms with Crippen LogP contribution in [0, 0.1) is 28.5 Å². The maximum Gasteiger partial charge on any atom is 0.309 e. The van der Waals surface area contributed by atoms with Crippen LogP contribution in [0.2, 0.25) is 0 Å². The lowest BCUT2D eigenvalue weighted by atomic mass is 10.1. The molecule has 1 aromatic rings. The van der Waals surface area contributed by atoms with E-state index in [4.69, 9.17) is 10.00 Å². The van der Waals surface area contributed by atoms with Crippen LogP contribution in [0.25, 0.3) is 0 Å². The Hall–Kier alpha value is -1.89. The Morgan fingerprint density at radius 1 is 1.40 bits per heavy atom. The van der Waals surface area contributed by atoms with Crippen molar-refractivity contribution in [3.8, 4) is 6.07 Å². The second-order valence-electron chi connectivity index (χ2n) is 5.94. The zero-order valence-corrected chi connectivity index (χ0v) is 11.1. The minimum atomic E-state index is -0.263. The van der Waals surface area contributed by atoms with Gasteiger partial charge in [-0.3, -0.25) is 4.79 Å². The quantitative estimate of drug-likeness (QED) is 0.774. The Morgan fingerprint density at radius 3 is 2.70 bits per heavy atom. The van der Waals surface area contributed by atoms with Crippen molar-refractivity contribution in [1.29, 1.82) is 5.26 Å². The first kappa shape index (κ1) is 13.1. The molecular formula is C16H16FNO2. The van der Waals surface area contributed by atoms with Crippen molar-refractivity contribution in [1.82, 2.24) is 0 Å². The second kappa shape index (κ2) is 4.90. The van der Waals surface area contributed by atoms with Crippen LogP contribution in [0.4, 0.5) is 4.39 Å². The molecule has 4 heteroatoms. The minimum absolute atomic E-state index is 0.0648. The van der Waals surface area contributed by atoms with Gasteiger partial charge in [-0.05, 0) is 42.9 Å². The molecule has 2 atom stereocenters. The molecule has 104 valence electrons. The van der Waals surface area contributed by atoms with Crippen molar-refractivity contribution >= 4 is 5.97 Å². The summed E-state index contributed by atoms with van der Waals surface area (Å²) in [6.45, 7) is 0.367. The Kier molecular flexibility index (Phi) is 3.21. The van der Waals surface area contributed by atoms with Crippen LogP contribution in [-0.4, -0.2) is 12.6 Å². The first-order valence-electron chi connectivity index (χ1n) is 6.93. The Morgan fingerprint density at radius 2 is 2.10 bits per heavy atom. The molecule has 0 saturated heterocycles. The number of nitrogens with zero attached hydrogens (tertiary/aromatic N) is 1. The SMILES string of the molecule is N#CCC1(COC(=O)[C@@H]2C[C@H]2c2ccc(F)cc2)CC1. The third-order valence-electron chi connectivity index (χ3n) is 4.32. The molecule has 0 spiro atoms. The molecule has 3 nitrogen and oxygen atoms in total. The molecular weight excluding hydrogens is 257 g/mol. The summed E-state index contributed by atoms with van der Waals surface area (Å²) in [5, 5.41) is 8.72. The topological polar surface area (TPSA) is 50.1 Å². The van der Waals surface area contributed by atoms with E-state index in [2.05, 4.69) is 6.07 Å². The number of carbonyl (C=O) groups is 1. The molecule has 2 fully saturated rings. The van der Waals surface area contributed by atoms with Crippen molar-refractivity contribution in [2.75, 3.05) is 6.61 Å². The summed E-state index contributed by atoms with van der Waals surface area (Å²) in [6, 6.07) is 8.44. The third-order valence-corrected chi connectivity index (χ3v) is 4.32. The van der Waals surface area contributed by atoms with Crippen LogP contribution in [0.3, 0.4) is 0 Å². The highest BCUT2D eigenvalue weighted by Crippen LogP contribution is 2.51. The predicted molar refractivity (Wildman–Crippen MR) is 70.1 cm³/mol. The summed E-state index contributed by atoms with van der Waals surface area (Å²) in [5.74, 6) is -0.378. The smallest absolute Gasteiger partial charge is 0.309 e. The lowest BCUT2D eigenvalue weighted by Gasteiger charge is -2.11. The Bertz CT molecular complexity index is 557. The average Bonchev–Trinajstić information content (AvgIpc) is 3.33. The fourth-order valence-corrected chi connectivity index (χ4v) is 2.58. The first-order chi connectivity index (χ1) is 9.63. The van der Waals surface area contributed by atoms with Crippen molar-refractivity contribution in [2.45, 2.75) is 31.6 Å². The maximum atomic E-state index is 12.8. The number of esters is 1. The highest BCUT2D eigenvalue weighted by molar-refractivity contribution is 5.77. The number of hydrogen-bond donors (Lipinski definition) is 0. The highest BCUT2D eigenvalue weighted by Gasteiger charge is 2.48. The van der Waals surface area contributed by atoms with Gasteiger partial charge in [-0.15, -0.1) is 0 Å². The summed E-state index contributed by atoms with van der Waals surface area (Å²) in [6.07, 6.45) is 3.18. The number of hydrogen-bond acceptors (Lipinski definition) is 3. The summed E-state index contributed by atoms with van der Waals surface area (Å²) in [4.78, 5) is 12.0. The van der Waals surface area contributed by atoms with Gasteiger partial charge in [0.25, 0.3) is 0 Å². The van der Waals surface area contributed by atoms with E-state index >= 15 is 0 Å². The Labute approximate surface area is 117 Å². The molecule has 0 radical (unpaired) electrons. The molecule has 0 aliphatic heterocycles. The lowest BCUT2D eigenvalue weighted by Crippen LogP contribution is -2.16. The van der Waals surface area contributed by atoms with Gasteiger partial charge < -0.3 is 4.74 Å². The number of ether oxygens (including phenoxy) is 1. The molecule has 0 amide bonds. The number of rotatable bonds is 5. The highest BCUT2D eigenvalue weighted by atomic mass is 19.1. The molecule has 3 rings (SSSR count). The van der Waals surface area contributed by atoms with Gasteiger partial charge >= 0.3 is 5.97 Å². The summed E-state index contributed by atoms with van der Waals surface area (Å²) >= 11 is 0. The van der Waals surface area contributed by atoms with E-state index in [0.29, 0.717) is 13.0 Å². The normalized spacial score (nSPS) is 25.6. The van der Waals surface area contributed by atoms with Gasteiger partial charge in [-0.2, -0.15) is 5.26 Å². The van der Waals surface area contributed by atoms with Crippen LogP contribution in [-0.2, 0) is 9.53 Å². The third kappa shape index (κ3) is 2.67. The Balaban J connectivity index is 1.51. The van der Waals surface area contributed by atoms with Gasteiger partial charge in [0.1, 0.15) is 5.82 Å². The molecule has 2 aliphatic rings. The molecule has 0 bridgehead atoms. The second-order valence-corrected chi connectivity index (χ2v) is 5.94. The molecule has 1 aromatic carbocycles. The van der Waals surface area contributed by atoms with E-state index in [1.165, 1.54) is 12.1 Å². The first-order valence-corrected chi connectivity index (χ1v) is 6.93. The molecule has 2 saturated carbocycles. The lowest BCUT2D eigenvalue weighted by molar-refractivity contribution is -0.147. The molecule has 2 aliphatic carbocycles. The summed E-state index contributed by atoms with van der Waals surface area (Å²) in [7, 11) is 0. The van der Waals surface area contributed by atoms with E-state index < -0.39 is 0 Å². The van der Waals surface area contributed by atoms with Crippen LogP contribution < -0.4 is 0 Å². The summed E-state index contributed by atoms with van der Waals surface area (Å²) in [5.41, 5.74) is 0.927. The van der Waals surface area contributed by atoms with E-state index in [1.54, 1.807) is 12.1 Å². The van der Waals surface area contributed by atoms with Gasteiger partial charge in [0.05, 0.1) is 18.6 Å². The molecule has 0 N–H and O–H groups in total. The number of benzene rings is 1. The van der Waals surface area contributed by atoms with Gasteiger partial charge in [-0.25, -0.2) is 4.39 Å². The minimum Gasteiger partial charge on any atom is -0.465 e. The van der Waals surface area contributed by atoms with Gasteiger partial charge in [0.2, 0.25) is 0 Å². The van der Waals surface area contributed by atoms with E-state index in [9.17, 15) is 9.18 Å². The van der Waals surface area contributed by atoms with Gasteiger partial charge in [0.15, 0.2) is 0 Å². The molecule has 20 heavy (non-hydrogen) atoms. The van der Waals surface area contributed by atoms with Crippen LogP contribution in [0.15, 0.2) is 24.3 Å². The van der Waals surface area contributed by atoms with Crippen LogP contribution in [0.5, 0.6) is 0 Å². The largest absolute Gasteiger partial charge is 0.465 e. The van der Waals surface area contributed by atoms with E-state index in [0.717, 1.165) is 24.8 Å². The molecule has 0 aromatic heterocycles. The van der Waals surface area contributed by atoms with Gasteiger partial charge in [0, 0.05) is 11.8 Å². The number of nitriles is 1. The van der Waals surface area contributed by atoms with Crippen molar-refractivity contribution in [3.63, 3.8) is 0 Å². The fourth-order valence-electron chi connectivity index (χ4n) is 2.58. The number of halogens is 1. The van der Waals surface area contributed by atoms with Crippen LogP contribution in [0.1, 0.15) is 37.2 Å². The van der Waals surface area contributed by atoms with Gasteiger partial charge in [-0.1, -0.05) is 12.1 Å². The van der Waals surface area contributed by atoms with Crippen molar-refractivity contribution in [3.05, 3.63) is 35.6 Å². The molecule has 0 unspecified atom stereocenters. The zero-order valence-electron chi connectivity index (χ0n) is 11.1. The van der Waals surface area contributed by atoms with E-state index in [1.807, 2.05) is 0 Å². The molecule has 0 heterocycles. The van der Waals surface area contributed by atoms with Crippen molar-refractivity contribution < 1.29 is 13.9 Å². The average molecular weight is 273 g/mol. The van der Waals surface area contributed by atoms with Crippen molar-refractivity contribution in [2.24, 2.45) is 11.3 Å². The summed E-state index contributed by atoms with van der Waals surface area (Å²) < 4.78 is 18.2. The number of carbonyl (C=O) groups excluding carboxylic acids is 1. The monoisotopic (exact) mass is 273 g/mol. The van der Waals surface area contributed by atoms with E-state index in [-0.39, 0.29) is 29.0 Å². The maximum absolute atomic E-state index is 12.8.